The summed E-state index contributed by atoms with van der Waals surface area (Å²) in [5, 5.41) is 0. The molecule has 0 aromatic rings. The van der Waals surface area contributed by atoms with Gasteiger partial charge in [0.1, 0.15) is 0 Å². The summed E-state index contributed by atoms with van der Waals surface area (Å²) in [7, 11) is 0. The van der Waals surface area contributed by atoms with Gasteiger partial charge < -0.3 is 0 Å². The number of nitrogens with zero attached hydrogens (tertiary/aromatic N) is 1. The topological polar surface area (TPSA) is 3.24 Å². The second-order valence-corrected chi connectivity index (χ2v) is 3.73. The molecule has 0 spiro atoms. The van der Waals surface area contributed by atoms with Crippen LogP contribution in [0.25, 0.3) is 0 Å². The summed E-state index contributed by atoms with van der Waals surface area (Å²) < 4.78 is 0. The molecule has 0 aliphatic carbocycles. The summed E-state index contributed by atoms with van der Waals surface area (Å²) in [4.78, 5) is 2.42. The highest BCUT2D eigenvalue weighted by molar-refractivity contribution is 5.09. The number of hydrogen-bond acceptors (Lipinski definition) is 1. The molecule has 0 unspecified atom stereocenters. The highest BCUT2D eigenvalue weighted by Crippen LogP contribution is 2.18. The minimum Gasteiger partial charge on any atom is -0.296 e. The van der Waals surface area contributed by atoms with Gasteiger partial charge in [0.05, 0.1) is 0 Å². The third kappa shape index (κ3) is 2.49. The molecular weight excluding hydrogens is 146 g/mol. The van der Waals surface area contributed by atoms with Crippen molar-refractivity contribution in [2.24, 2.45) is 5.92 Å². The molecule has 1 aliphatic heterocycles. The van der Waals surface area contributed by atoms with Crippen LogP contribution in [0.2, 0.25) is 0 Å². The molecule has 1 rings (SSSR count). The second kappa shape index (κ2) is 4.46. The van der Waals surface area contributed by atoms with E-state index in [9.17, 15) is 0 Å². The van der Waals surface area contributed by atoms with E-state index in [0.29, 0.717) is 0 Å². The van der Waals surface area contributed by atoms with E-state index in [1.807, 2.05) is 6.08 Å². The first-order valence-electron chi connectivity index (χ1n) is 4.76. The van der Waals surface area contributed by atoms with Gasteiger partial charge in [0.2, 0.25) is 0 Å². The molecule has 0 saturated heterocycles. The minimum absolute atomic E-state index is 0.732. The summed E-state index contributed by atoms with van der Waals surface area (Å²) in [5.41, 5.74) is 1.62. The zero-order chi connectivity index (χ0) is 8.97. The summed E-state index contributed by atoms with van der Waals surface area (Å²) in [6, 6.07) is 0. The van der Waals surface area contributed by atoms with E-state index in [4.69, 9.17) is 0 Å². The van der Waals surface area contributed by atoms with Gasteiger partial charge in [0.15, 0.2) is 0 Å². The lowest BCUT2D eigenvalue weighted by Crippen LogP contribution is -2.29. The molecule has 1 nitrogen and oxygen atoms in total. The van der Waals surface area contributed by atoms with Crippen molar-refractivity contribution in [2.75, 3.05) is 19.6 Å². The molecule has 0 atom stereocenters. The molecule has 0 N–H and O–H groups in total. The average Bonchev–Trinajstić information content (AvgIpc) is 2.06. The van der Waals surface area contributed by atoms with E-state index in [1.165, 1.54) is 13.0 Å². The second-order valence-electron chi connectivity index (χ2n) is 3.73. The Labute approximate surface area is 75.8 Å². The SMILES string of the molecule is C=CCN1CC=C(C(C)C)CC1. The van der Waals surface area contributed by atoms with Crippen LogP contribution in [0.15, 0.2) is 24.3 Å². The highest BCUT2D eigenvalue weighted by atomic mass is 15.1. The summed E-state index contributed by atoms with van der Waals surface area (Å²) in [6.45, 7) is 11.6. The van der Waals surface area contributed by atoms with E-state index in [1.54, 1.807) is 5.57 Å². The van der Waals surface area contributed by atoms with Gasteiger partial charge in [-0.2, -0.15) is 0 Å². The molecule has 0 aromatic heterocycles. The van der Waals surface area contributed by atoms with Crippen molar-refractivity contribution in [3.8, 4) is 0 Å². The molecule has 0 saturated carbocycles. The summed E-state index contributed by atoms with van der Waals surface area (Å²) >= 11 is 0. The van der Waals surface area contributed by atoms with Crippen molar-refractivity contribution in [1.82, 2.24) is 4.90 Å². The zero-order valence-corrected chi connectivity index (χ0v) is 8.21. The van der Waals surface area contributed by atoms with Crippen LogP contribution in [0.5, 0.6) is 0 Å². The summed E-state index contributed by atoms with van der Waals surface area (Å²) in [6.07, 6.45) is 5.59. The smallest absolute Gasteiger partial charge is 0.0169 e. The molecule has 1 heterocycles. The van der Waals surface area contributed by atoms with Crippen LogP contribution in [0.1, 0.15) is 20.3 Å². The van der Waals surface area contributed by atoms with Crippen LogP contribution in [-0.2, 0) is 0 Å². The maximum atomic E-state index is 3.75. The van der Waals surface area contributed by atoms with Gasteiger partial charge in [-0.1, -0.05) is 31.6 Å². The Morgan fingerprint density at radius 2 is 2.42 bits per heavy atom. The van der Waals surface area contributed by atoms with Gasteiger partial charge in [0, 0.05) is 19.6 Å². The van der Waals surface area contributed by atoms with E-state index >= 15 is 0 Å². The Bertz CT molecular complexity index is 179. The third-order valence-electron chi connectivity index (χ3n) is 2.46. The summed E-state index contributed by atoms with van der Waals surface area (Å²) in [5.74, 6) is 0.732. The maximum Gasteiger partial charge on any atom is 0.0169 e. The molecule has 12 heavy (non-hydrogen) atoms. The van der Waals surface area contributed by atoms with Gasteiger partial charge in [-0.05, 0) is 12.3 Å². The lowest BCUT2D eigenvalue weighted by molar-refractivity contribution is 0.319. The maximum absolute atomic E-state index is 3.75. The van der Waals surface area contributed by atoms with Crippen molar-refractivity contribution < 1.29 is 0 Å². The van der Waals surface area contributed by atoms with Crippen molar-refractivity contribution in [1.29, 1.82) is 0 Å². The lowest BCUT2D eigenvalue weighted by atomic mass is 9.97. The van der Waals surface area contributed by atoms with Crippen molar-refractivity contribution in [3.63, 3.8) is 0 Å². The van der Waals surface area contributed by atoms with Crippen LogP contribution in [0.4, 0.5) is 0 Å². The van der Waals surface area contributed by atoms with Gasteiger partial charge in [0.25, 0.3) is 0 Å². The molecule has 1 aliphatic rings. The molecule has 0 aromatic carbocycles. The van der Waals surface area contributed by atoms with Gasteiger partial charge in [-0.3, -0.25) is 4.90 Å². The predicted octanol–water partition coefficient (Wildman–Crippen LogP) is 2.46. The largest absolute Gasteiger partial charge is 0.296 e. The van der Waals surface area contributed by atoms with Crippen molar-refractivity contribution >= 4 is 0 Å². The Hall–Kier alpha value is -0.560. The highest BCUT2D eigenvalue weighted by Gasteiger charge is 2.11. The van der Waals surface area contributed by atoms with E-state index in [-0.39, 0.29) is 0 Å². The van der Waals surface area contributed by atoms with Gasteiger partial charge >= 0.3 is 0 Å². The predicted molar refractivity (Wildman–Crippen MR) is 54.2 cm³/mol. The standard InChI is InChI=1S/C11H19N/c1-4-7-12-8-5-11(6-9-12)10(2)3/h4-5,10H,1,6-9H2,2-3H3. The molecule has 0 bridgehead atoms. The molecule has 68 valence electrons. The van der Waals surface area contributed by atoms with Crippen LogP contribution in [0, 0.1) is 5.92 Å². The molecule has 0 amide bonds. The first kappa shape index (κ1) is 9.53. The molecule has 0 radical (unpaired) electrons. The average molecular weight is 165 g/mol. The fourth-order valence-corrected chi connectivity index (χ4v) is 1.60. The zero-order valence-electron chi connectivity index (χ0n) is 8.21. The monoisotopic (exact) mass is 165 g/mol. The number of rotatable bonds is 3. The number of hydrogen-bond donors (Lipinski definition) is 0. The van der Waals surface area contributed by atoms with Gasteiger partial charge in [-0.25, -0.2) is 0 Å². The Morgan fingerprint density at radius 1 is 1.67 bits per heavy atom. The molecular formula is C11H19N. The van der Waals surface area contributed by atoms with Crippen LogP contribution < -0.4 is 0 Å². The Morgan fingerprint density at radius 3 is 2.83 bits per heavy atom. The normalized spacial score (nSPS) is 19.4. The minimum atomic E-state index is 0.732. The first-order valence-corrected chi connectivity index (χ1v) is 4.76. The van der Waals surface area contributed by atoms with E-state index in [0.717, 1.165) is 19.0 Å². The van der Waals surface area contributed by atoms with Crippen LogP contribution in [-0.4, -0.2) is 24.5 Å². The fourth-order valence-electron chi connectivity index (χ4n) is 1.60. The Kier molecular flexibility index (Phi) is 3.54. The third-order valence-corrected chi connectivity index (χ3v) is 2.46. The van der Waals surface area contributed by atoms with Crippen LogP contribution in [0.3, 0.4) is 0 Å². The van der Waals surface area contributed by atoms with Crippen molar-refractivity contribution in [2.45, 2.75) is 20.3 Å². The molecule has 1 heteroatoms. The quantitative estimate of drug-likeness (QED) is 0.581. The molecule has 0 fully saturated rings. The van der Waals surface area contributed by atoms with Gasteiger partial charge in [-0.15, -0.1) is 6.58 Å². The lowest BCUT2D eigenvalue weighted by Gasteiger charge is -2.26. The van der Waals surface area contributed by atoms with Crippen molar-refractivity contribution in [3.05, 3.63) is 24.3 Å². The van der Waals surface area contributed by atoms with E-state index < -0.39 is 0 Å². The van der Waals surface area contributed by atoms with E-state index in [2.05, 4.69) is 31.4 Å². The van der Waals surface area contributed by atoms with Crippen LogP contribution >= 0.6 is 0 Å². The Balaban J connectivity index is 2.41. The fraction of sp³-hybridized carbons (Fsp3) is 0.636. The first-order chi connectivity index (χ1) is 5.74.